The zero-order valence-electron chi connectivity index (χ0n) is 9.39. The quantitative estimate of drug-likeness (QED) is 0.811. The van der Waals surface area contributed by atoms with Crippen molar-refractivity contribution in [2.75, 3.05) is 0 Å². The summed E-state index contributed by atoms with van der Waals surface area (Å²) in [5.74, 6) is 0.506. The number of benzene rings is 1. The van der Waals surface area contributed by atoms with Crippen LogP contribution in [0.3, 0.4) is 0 Å². The van der Waals surface area contributed by atoms with Crippen LogP contribution < -0.4 is 5.73 Å². The summed E-state index contributed by atoms with van der Waals surface area (Å²) in [4.78, 5) is 0. The van der Waals surface area contributed by atoms with E-state index in [1.807, 2.05) is 12.1 Å². The fourth-order valence-electron chi connectivity index (χ4n) is 2.08. The van der Waals surface area contributed by atoms with E-state index in [9.17, 15) is 0 Å². The van der Waals surface area contributed by atoms with Gasteiger partial charge in [0.15, 0.2) is 0 Å². The molecule has 1 aromatic carbocycles. The van der Waals surface area contributed by atoms with Crippen LogP contribution in [0.1, 0.15) is 50.2 Å². The van der Waals surface area contributed by atoms with Gasteiger partial charge in [0.05, 0.1) is 0 Å². The fraction of sp³-hybridized carbons (Fsp3) is 0.538. The molecule has 0 amide bonds. The molecule has 1 saturated carbocycles. The predicted molar refractivity (Wildman–Crippen MR) is 65.3 cm³/mol. The first-order chi connectivity index (χ1) is 7.01. The maximum atomic E-state index is 6.30. The van der Waals surface area contributed by atoms with Crippen LogP contribution in [-0.2, 0) is 5.54 Å². The van der Waals surface area contributed by atoms with E-state index in [0.717, 1.165) is 17.9 Å². The third-order valence-corrected chi connectivity index (χ3v) is 3.63. The Morgan fingerprint density at radius 1 is 1.27 bits per heavy atom. The number of hydrogen-bond donors (Lipinski definition) is 1. The minimum absolute atomic E-state index is 0.103. The first kappa shape index (κ1) is 11.0. The molecule has 0 atom stereocenters. The molecular formula is C13H18ClN. The average Bonchev–Trinajstić information content (AvgIpc) is 2.13. The Labute approximate surface area is 96.6 Å². The maximum Gasteiger partial charge on any atom is 0.0412 e. The zero-order chi connectivity index (χ0) is 11.1. The summed E-state index contributed by atoms with van der Waals surface area (Å²) in [5.41, 5.74) is 8.70. The third kappa shape index (κ3) is 2.04. The molecule has 0 unspecified atom stereocenters. The molecule has 0 aromatic heterocycles. The molecule has 0 spiro atoms. The third-order valence-electron chi connectivity index (χ3n) is 3.41. The van der Waals surface area contributed by atoms with Crippen LogP contribution in [0.15, 0.2) is 18.2 Å². The second-order valence-electron chi connectivity index (χ2n) is 4.94. The monoisotopic (exact) mass is 223 g/mol. The van der Waals surface area contributed by atoms with Crippen molar-refractivity contribution >= 4 is 11.6 Å². The molecule has 2 heteroatoms. The minimum Gasteiger partial charge on any atom is -0.321 e. The first-order valence-electron chi connectivity index (χ1n) is 5.61. The van der Waals surface area contributed by atoms with E-state index >= 15 is 0 Å². The smallest absolute Gasteiger partial charge is 0.0412 e. The van der Waals surface area contributed by atoms with Gasteiger partial charge in [-0.15, -0.1) is 0 Å². The van der Waals surface area contributed by atoms with Crippen molar-refractivity contribution in [2.45, 2.75) is 44.6 Å². The Morgan fingerprint density at radius 2 is 1.93 bits per heavy atom. The highest BCUT2D eigenvalue weighted by molar-refractivity contribution is 6.30. The Kier molecular flexibility index (Phi) is 2.78. The van der Waals surface area contributed by atoms with Crippen LogP contribution in [0, 0.1) is 0 Å². The number of halogens is 1. The maximum absolute atomic E-state index is 6.30. The molecule has 0 bridgehead atoms. The Morgan fingerprint density at radius 3 is 2.40 bits per heavy atom. The van der Waals surface area contributed by atoms with Crippen molar-refractivity contribution in [3.8, 4) is 0 Å². The van der Waals surface area contributed by atoms with Gasteiger partial charge in [-0.3, -0.25) is 0 Å². The van der Waals surface area contributed by atoms with Gasteiger partial charge in [0.2, 0.25) is 0 Å². The van der Waals surface area contributed by atoms with Gasteiger partial charge < -0.3 is 5.73 Å². The van der Waals surface area contributed by atoms with Gasteiger partial charge in [0, 0.05) is 10.6 Å². The second-order valence-corrected chi connectivity index (χ2v) is 5.37. The van der Waals surface area contributed by atoms with Gasteiger partial charge in [0.25, 0.3) is 0 Å². The summed E-state index contributed by atoms with van der Waals surface area (Å²) in [5, 5.41) is 0.813. The second kappa shape index (κ2) is 3.80. The lowest BCUT2D eigenvalue weighted by Crippen LogP contribution is -2.43. The standard InChI is InChI=1S/C13H18ClN/c1-9(2)10-6-11(8-12(14)7-10)13(15)4-3-5-13/h6-9H,3-5,15H2,1-2H3. The summed E-state index contributed by atoms with van der Waals surface area (Å²) in [6.07, 6.45) is 3.41. The molecule has 1 fully saturated rings. The van der Waals surface area contributed by atoms with Crippen LogP contribution in [0.2, 0.25) is 5.02 Å². The lowest BCUT2D eigenvalue weighted by Gasteiger charge is -2.39. The summed E-state index contributed by atoms with van der Waals surface area (Å²) < 4.78 is 0. The first-order valence-corrected chi connectivity index (χ1v) is 5.99. The van der Waals surface area contributed by atoms with Gasteiger partial charge in [-0.05, 0) is 48.4 Å². The SMILES string of the molecule is CC(C)c1cc(Cl)cc(C2(N)CCC2)c1. The Balaban J connectivity index is 2.39. The highest BCUT2D eigenvalue weighted by atomic mass is 35.5. The largest absolute Gasteiger partial charge is 0.321 e. The van der Waals surface area contributed by atoms with Gasteiger partial charge in [-0.25, -0.2) is 0 Å². The lowest BCUT2D eigenvalue weighted by atomic mass is 9.72. The Hall–Kier alpha value is -0.530. The van der Waals surface area contributed by atoms with Gasteiger partial charge in [-0.2, -0.15) is 0 Å². The van der Waals surface area contributed by atoms with E-state index in [1.165, 1.54) is 17.5 Å². The number of rotatable bonds is 2. The minimum atomic E-state index is -0.103. The Bertz CT molecular complexity index is 367. The molecule has 0 radical (unpaired) electrons. The molecule has 15 heavy (non-hydrogen) atoms. The number of hydrogen-bond acceptors (Lipinski definition) is 1. The molecule has 1 aliphatic carbocycles. The molecule has 2 rings (SSSR count). The fourth-order valence-corrected chi connectivity index (χ4v) is 2.32. The topological polar surface area (TPSA) is 26.0 Å². The molecule has 0 saturated heterocycles. The predicted octanol–water partition coefficient (Wildman–Crippen LogP) is 3.80. The van der Waals surface area contributed by atoms with Crippen LogP contribution in [0.25, 0.3) is 0 Å². The van der Waals surface area contributed by atoms with E-state index in [1.54, 1.807) is 0 Å². The van der Waals surface area contributed by atoms with E-state index in [2.05, 4.69) is 19.9 Å². The van der Waals surface area contributed by atoms with Crippen molar-refractivity contribution in [3.05, 3.63) is 34.3 Å². The van der Waals surface area contributed by atoms with Crippen molar-refractivity contribution in [2.24, 2.45) is 5.73 Å². The van der Waals surface area contributed by atoms with Crippen molar-refractivity contribution in [1.82, 2.24) is 0 Å². The van der Waals surface area contributed by atoms with E-state index in [4.69, 9.17) is 17.3 Å². The summed E-state index contributed by atoms with van der Waals surface area (Å²) in [6.45, 7) is 4.36. The molecule has 1 aromatic rings. The van der Waals surface area contributed by atoms with Crippen molar-refractivity contribution < 1.29 is 0 Å². The van der Waals surface area contributed by atoms with Crippen LogP contribution in [0.4, 0.5) is 0 Å². The summed E-state index contributed by atoms with van der Waals surface area (Å²) >= 11 is 6.13. The van der Waals surface area contributed by atoms with Crippen LogP contribution >= 0.6 is 11.6 Å². The van der Waals surface area contributed by atoms with E-state index in [-0.39, 0.29) is 5.54 Å². The van der Waals surface area contributed by atoms with Crippen molar-refractivity contribution in [3.63, 3.8) is 0 Å². The summed E-state index contributed by atoms with van der Waals surface area (Å²) in [6, 6.07) is 6.28. The summed E-state index contributed by atoms with van der Waals surface area (Å²) in [7, 11) is 0. The van der Waals surface area contributed by atoms with E-state index in [0.29, 0.717) is 5.92 Å². The molecule has 1 aliphatic rings. The highest BCUT2D eigenvalue weighted by Crippen LogP contribution is 2.40. The van der Waals surface area contributed by atoms with E-state index < -0.39 is 0 Å². The zero-order valence-corrected chi connectivity index (χ0v) is 10.1. The van der Waals surface area contributed by atoms with Crippen LogP contribution in [0.5, 0.6) is 0 Å². The van der Waals surface area contributed by atoms with Gasteiger partial charge in [-0.1, -0.05) is 31.5 Å². The van der Waals surface area contributed by atoms with Crippen LogP contribution in [-0.4, -0.2) is 0 Å². The molecule has 82 valence electrons. The van der Waals surface area contributed by atoms with Gasteiger partial charge in [0.1, 0.15) is 0 Å². The molecule has 2 N–H and O–H groups in total. The lowest BCUT2D eigenvalue weighted by molar-refractivity contribution is 0.253. The average molecular weight is 224 g/mol. The van der Waals surface area contributed by atoms with Gasteiger partial charge >= 0.3 is 0 Å². The van der Waals surface area contributed by atoms with Crippen molar-refractivity contribution in [1.29, 1.82) is 0 Å². The number of nitrogens with two attached hydrogens (primary N) is 1. The molecule has 0 heterocycles. The molecular weight excluding hydrogens is 206 g/mol. The highest BCUT2D eigenvalue weighted by Gasteiger charge is 2.34. The molecule has 0 aliphatic heterocycles. The normalized spacial score (nSPS) is 19.0. The molecule has 1 nitrogen and oxygen atoms in total.